The fraction of sp³-hybridized carbons (Fsp3) is 0.0455. The van der Waals surface area contributed by atoms with Crippen LogP contribution in [-0.4, -0.2) is 0 Å². The molecule has 14 aromatic carbocycles. The van der Waals surface area contributed by atoms with Crippen molar-refractivity contribution in [3.63, 3.8) is 0 Å². The minimum Gasteiger partial charge on any atom is -0.455 e. The number of nitrogens with zero attached hydrogens (tertiary/aromatic N) is 2. The first-order valence-corrected chi connectivity index (χ1v) is 33.6. The van der Waals surface area contributed by atoms with Gasteiger partial charge in [0.2, 0.25) is 0 Å². The van der Waals surface area contributed by atoms with Gasteiger partial charge in [0, 0.05) is 107 Å². The molecule has 0 unspecified atom stereocenters. The number of hydrogen-bond acceptors (Lipinski definition) is 6. The average Bonchev–Trinajstić information content (AvgIpc) is 1.63. The second-order valence-electron chi connectivity index (χ2n) is 24.7. The van der Waals surface area contributed by atoms with Crippen LogP contribution in [0.15, 0.2) is 312 Å². The molecule has 6 heteroatoms. The van der Waals surface area contributed by atoms with Crippen molar-refractivity contribution in [3.8, 4) is 44.5 Å². The minimum absolute atomic E-state index is 0.909. The first-order valence-electron chi connectivity index (χ1n) is 32.0. The Morgan fingerprint density at radius 2 is 0.564 bits per heavy atom. The van der Waals surface area contributed by atoms with Gasteiger partial charge in [-0.15, -0.1) is 22.7 Å². The fourth-order valence-corrected chi connectivity index (χ4v) is 16.1. The summed E-state index contributed by atoms with van der Waals surface area (Å²) in [6.45, 7) is 8.55. The molecule has 0 bridgehead atoms. The molecule has 4 heterocycles. The Labute approximate surface area is 553 Å². The van der Waals surface area contributed by atoms with Crippen molar-refractivity contribution >= 4 is 141 Å². The van der Waals surface area contributed by atoms with Gasteiger partial charge in [0.25, 0.3) is 0 Å². The summed E-state index contributed by atoms with van der Waals surface area (Å²) in [5.41, 5.74) is 24.8. The molecule has 94 heavy (non-hydrogen) atoms. The zero-order chi connectivity index (χ0) is 63.0. The van der Waals surface area contributed by atoms with Gasteiger partial charge in [-0.25, -0.2) is 0 Å². The Balaban J connectivity index is 0.000000143. The lowest BCUT2D eigenvalue weighted by molar-refractivity contribution is 0.669. The molecule has 18 rings (SSSR count). The zero-order valence-corrected chi connectivity index (χ0v) is 54.0. The van der Waals surface area contributed by atoms with Crippen LogP contribution in [0.1, 0.15) is 22.3 Å². The molecular formula is C88H62N2O2S2. The third-order valence-electron chi connectivity index (χ3n) is 18.4. The Hall–Kier alpha value is -11.3. The third-order valence-corrected chi connectivity index (χ3v) is 20.9. The van der Waals surface area contributed by atoms with Crippen LogP contribution in [0.3, 0.4) is 0 Å². The molecule has 0 aliphatic rings. The summed E-state index contributed by atoms with van der Waals surface area (Å²) >= 11 is 3.77. The summed E-state index contributed by atoms with van der Waals surface area (Å²) in [5, 5.41) is 9.92. The van der Waals surface area contributed by atoms with E-state index >= 15 is 0 Å². The normalized spacial score (nSPS) is 11.6. The van der Waals surface area contributed by atoms with Gasteiger partial charge in [-0.05, 0) is 170 Å². The lowest BCUT2D eigenvalue weighted by Gasteiger charge is -2.26. The van der Waals surface area contributed by atoms with Gasteiger partial charge in [0.1, 0.15) is 22.3 Å². The van der Waals surface area contributed by atoms with Gasteiger partial charge in [0.05, 0.1) is 0 Å². The molecular weight excluding hydrogens is 1180 g/mol. The van der Waals surface area contributed by atoms with Gasteiger partial charge < -0.3 is 18.6 Å². The van der Waals surface area contributed by atoms with E-state index in [0.29, 0.717) is 0 Å². The fourth-order valence-electron chi connectivity index (χ4n) is 13.7. The van der Waals surface area contributed by atoms with Crippen LogP contribution in [0.25, 0.3) is 129 Å². The molecule has 18 aromatic rings. The summed E-state index contributed by atoms with van der Waals surface area (Å²) < 4.78 is 18.1. The number of hydrogen-bond donors (Lipinski definition) is 0. The highest BCUT2D eigenvalue weighted by Gasteiger charge is 2.20. The second kappa shape index (κ2) is 23.4. The highest BCUT2D eigenvalue weighted by Crippen LogP contribution is 2.46. The van der Waals surface area contributed by atoms with Crippen LogP contribution in [0, 0.1) is 27.7 Å². The molecule has 0 aliphatic carbocycles. The highest BCUT2D eigenvalue weighted by atomic mass is 32.1. The molecule has 0 saturated heterocycles. The number of thiophene rings is 2. The molecule has 0 saturated carbocycles. The van der Waals surface area contributed by atoms with Crippen molar-refractivity contribution in [2.75, 3.05) is 9.80 Å². The molecule has 0 aliphatic heterocycles. The van der Waals surface area contributed by atoms with Crippen LogP contribution in [0.2, 0.25) is 0 Å². The molecule has 0 fully saturated rings. The van der Waals surface area contributed by atoms with Crippen molar-refractivity contribution in [2.45, 2.75) is 27.7 Å². The zero-order valence-electron chi connectivity index (χ0n) is 52.4. The largest absolute Gasteiger partial charge is 0.455 e. The van der Waals surface area contributed by atoms with E-state index in [1.165, 1.54) is 84.9 Å². The summed E-state index contributed by atoms with van der Waals surface area (Å²) in [5.74, 6) is 0. The molecule has 4 nitrogen and oxygen atoms in total. The van der Waals surface area contributed by atoms with E-state index in [2.05, 4.69) is 329 Å². The van der Waals surface area contributed by atoms with Crippen molar-refractivity contribution in [1.29, 1.82) is 0 Å². The Bertz CT molecular complexity index is 5510. The maximum atomic E-state index is 6.39. The molecule has 0 amide bonds. The summed E-state index contributed by atoms with van der Waals surface area (Å²) in [6.07, 6.45) is 0. The lowest BCUT2D eigenvalue weighted by Crippen LogP contribution is -2.09. The van der Waals surface area contributed by atoms with Gasteiger partial charge in [-0.3, -0.25) is 0 Å². The standard InChI is InChI=1S/C44H31NO2.C44H31NS2/c2*1-28-13-20-32(21-14-28)45(33-22-16-30(17-23-33)35-8-5-10-38-37-7-3-4-12-41(37)46-43(35)38)34-24-18-31(19-25-34)36-9-6-11-39-40-27-29(2)15-26-42(40)47-44(36)39/h2*3-27H,1-2H3. The van der Waals surface area contributed by atoms with Gasteiger partial charge in [-0.2, -0.15) is 0 Å². The van der Waals surface area contributed by atoms with E-state index in [1.807, 2.05) is 34.8 Å². The predicted octanol–water partition coefficient (Wildman–Crippen LogP) is 26.7. The third kappa shape index (κ3) is 10.2. The van der Waals surface area contributed by atoms with Crippen LogP contribution in [0.5, 0.6) is 0 Å². The summed E-state index contributed by atoms with van der Waals surface area (Å²) in [7, 11) is 0. The Kier molecular flexibility index (Phi) is 14.1. The van der Waals surface area contributed by atoms with Gasteiger partial charge in [-0.1, -0.05) is 216 Å². The first-order chi connectivity index (χ1) is 46.2. The molecule has 0 atom stereocenters. The predicted molar refractivity (Wildman–Crippen MR) is 403 cm³/mol. The number of fused-ring (bicyclic) bond motifs is 12. The first kappa shape index (κ1) is 56.7. The van der Waals surface area contributed by atoms with Gasteiger partial charge >= 0.3 is 0 Å². The molecule has 0 spiro atoms. The second-order valence-corrected chi connectivity index (χ2v) is 26.8. The maximum Gasteiger partial charge on any atom is 0.143 e. The Morgan fingerprint density at radius 1 is 0.234 bits per heavy atom. The highest BCUT2D eigenvalue weighted by molar-refractivity contribution is 7.26. The van der Waals surface area contributed by atoms with E-state index < -0.39 is 0 Å². The molecule has 0 N–H and O–H groups in total. The van der Waals surface area contributed by atoms with Crippen LogP contribution in [0.4, 0.5) is 34.1 Å². The summed E-state index contributed by atoms with van der Waals surface area (Å²) in [6, 6.07) is 110. The number of anilines is 6. The Morgan fingerprint density at radius 3 is 1.05 bits per heavy atom. The number of rotatable bonds is 10. The monoisotopic (exact) mass is 1240 g/mol. The molecule has 0 radical (unpaired) electrons. The van der Waals surface area contributed by atoms with Crippen molar-refractivity contribution in [3.05, 3.63) is 326 Å². The van der Waals surface area contributed by atoms with Crippen LogP contribution in [-0.2, 0) is 0 Å². The smallest absolute Gasteiger partial charge is 0.143 e. The van der Waals surface area contributed by atoms with E-state index in [1.54, 1.807) is 0 Å². The topological polar surface area (TPSA) is 32.8 Å². The summed E-state index contributed by atoms with van der Waals surface area (Å²) in [4.78, 5) is 4.66. The van der Waals surface area contributed by atoms with Crippen LogP contribution < -0.4 is 9.80 Å². The SMILES string of the molecule is Cc1ccc(N(c2ccc(-c3cccc4c3oc3ccccc34)cc2)c2ccc(-c3cccc4c3oc3ccc(C)cc34)cc2)cc1.Cc1ccc(N(c2ccc(-c3cccc4c3sc3ccccc34)cc2)c2ccc(-c3cccc4c3sc3ccc(C)cc34)cc2)cc1. The van der Waals surface area contributed by atoms with E-state index in [0.717, 1.165) is 100 Å². The lowest BCUT2D eigenvalue weighted by atomic mass is 10.0. The van der Waals surface area contributed by atoms with Gasteiger partial charge in [0.15, 0.2) is 0 Å². The number of aryl methyl sites for hydroxylation is 4. The molecule has 4 aromatic heterocycles. The van der Waals surface area contributed by atoms with E-state index in [9.17, 15) is 0 Å². The number of para-hydroxylation sites is 3. The number of furan rings is 2. The van der Waals surface area contributed by atoms with Crippen molar-refractivity contribution < 1.29 is 8.83 Å². The van der Waals surface area contributed by atoms with E-state index in [-0.39, 0.29) is 0 Å². The maximum absolute atomic E-state index is 6.39. The number of benzene rings is 14. The minimum atomic E-state index is 0.909. The van der Waals surface area contributed by atoms with Crippen molar-refractivity contribution in [1.82, 2.24) is 0 Å². The quantitative estimate of drug-likeness (QED) is 0.137. The average molecular weight is 1240 g/mol. The van der Waals surface area contributed by atoms with E-state index in [4.69, 9.17) is 8.83 Å². The molecule has 448 valence electrons. The van der Waals surface area contributed by atoms with Crippen LogP contribution >= 0.6 is 22.7 Å². The van der Waals surface area contributed by atoms with Crippen molar-refractivity contribution in [2.24, 2.45) is 0 Å².